The number of hydrogen-bond acceptors (Lipinski definition) is 16. The first kappa shape index (κ1) is 66.3. The zero-order chi connectivity index (χ0) is 45.8. The first-order valence-corrected chi connectivity index (χ1v) is 16.7. The Bertz CT molecular complexity index is 929. The van der Waals surface area contributed by atoms with Crippen molar-refractivity contribution in [3.8, 4) is 0 Å². The van der Waals surface area contributed by atoms with Crippen molar-refractivity contribution >= 4 is 47.8 Å². The van der Waals surface area contributed by atoms with Gasteiger partial charge in [-0.15, -0.1) is 0 Å². The lowest BCUT2D eigenvalue weighted by molar-refractivity contribution is -0.173. The number of hydrogen-bond donors (Lipinski definition) is 14. The molecule has 0 amide bonds. The van der Waals surface area contributed by atoms with Gasteiger partial charge in [0, 0.05) is 47.3 Å². The number of ether oxygens (including phenoxy) is 2. The Hall–Kier alpha value is -4.56. The molecule has 24 heteroatoms. The third-order valence-electron chi connectivity index (χ3n) is 5.33. The summed E-state index contributed by atoms with van der Waals surface area (Å²) in [7, 11) is 0. The highest BCUT2D eigenvalue weighted by molar-refractivity contribution is 5.78. The molecule has 1 fully saturated rings. The molecule has 0 radical (unpaired) electrons. The predicted octanol–water partition coefficient (Wildman–Crippen LogP) is -1.11. The van der Waals surface area contributed by atoms with Crippen molar-refractivity contribution < 1.29 is 98.9 Å². The summed E-state index contributed by atoms with van der Waals surface area (Å²) in [6, 6.07) is 0. The minimum atomic E-state index is -2.27. The van der Waals surface area contributed by atoms with Crippen molar-refractivity contribution in [1.29, 1.82) is 0 Å². The van der Waals surface area contributed by atoms with Crippen LogP contribution in [0.5, 0.6) is 0 Å². The second kappa shape index (κ2) is 46.6. The van der Waals surface area contributed by atoms with Crippen LogP contribution >= 0.6 is 0 Å². The summed E-state index contributed by atoms with van der Waals surface area (Å²) >= 11 is 0. The van der Waals surface area contributed by atoms with Gasteiger partial charge < -0.3 is 83.5 Å². The van der Waals surface area contributed by atoms with Crippen LogP contribution in [0.3, 0.4) is 0 Å². The topological polar surface area (TPSA) is 461 Å². The molecule has 0 saturated heterocycles. The normalized spacial score (nSPS) is 11.0. The van der Waals surface area contributed by atoms with Crippen molar-refractivity contribution in [3.63, 3.8) is 0 Å². The first-order valence-electron chi connectivity index (χ1n) is 16.7. The summed E-state index contributed by atoms with van der Waals surface area (Å²) < 4.78 is 10.1. The Balaban J connectivity index is -0.000000117. The Morgan fingerprint density at radius 2 is 0.679 bits per heavy atom. The summed E-state index contributed by atoms with van der Waals surface area (Å²) in [5, 5.41) is 80.9. The van der Waals surface area contributed by atoms with Gasteiger partial charge in [-0.25, -0.2) is 0 Å². The average molecular weight is 827 g/mol. The summed E-state index contributed by atoms with van der Waals surface area (Å²) in [5.41, 5.74) is 16.8. The van der Waals surface area contributed by atoms with Crippen molar-refractivity contribution in [3.05, 3.63) is 0 Å². The van der Waals surface area contributed by atoms with E-state index in [9.17, 15) is 19.2 Å². The van der Waals surface area contributed by atoms with Crippen molar-refractivity contribution in [2.24, 2.45) is 22.9 Å². The molecule has 334 valence electrons. The highest BCUT2D eigenvalue weighted by Gasteiger charge is 2.55. The Morgan fingerprint density at radius 3 is 0.839 bits per heavy atom. The van der Waals surface area contributed by atoms with E-state index in [1.165, 1.54) is 38.5 Å². The van der Waals surface area contributed by atoms with Crippen LogP contribution in [0.1, 0.15) is 91.9 Å². The SMILES string of the molecule is C1CCCCC1.CC(=O)O.CC(=O)O.CC(=O)O.CC(=O)O.NCCOC(CC(=O)O)(CC(=O)O)C(N)(CC(=O)O)CC(=O)O.NCCOCCN.OCCO. The van der Waals surface area contributed by atoms with Crippen LogP contribution in [-0.2, 0) is 47.8 Å². The third-order valence-corrected chi connectivity index (χ3v) is 5.33. The molecule has 0 unspecified atom stereocenters. The van der Waals surface area contributed by atoms with Gasteiger partial charge in [-0.3, -0.25) is 38.4 Å². The molecule has 18 N–H and O–H groups in total. The van der Waals surface area contributed by atoms with Crippen LogP contribution in [-0.4, -0.2) is 163 Å². The molecule has 0 bridgehead atoms. The minimum absolute atomic E-state index is 0.125. The number of carboxylic acids is 8. The van der Waals surface area contributed by atoms with E-state index in [2.05, 4.69) is 0 Å². The molecule has 1 aliphatic rings. The summed E-state index contributed by atoms with van der Waals surface area (Å²) in [6.07, 6.45) is 5.03. The molecular formula is C32H66N4O20. The molecule has 1 saturated carbocycles. The fourth-order valence-electron chi connectivity index (χ4n) is 3.66. The van der Waals surface area contributed by atoms with E-state index in [1.54, 1.807) is 0 Å². The van der Waals surface area contributed by atoms with Crippen LogP contribution in [0.4, 0.5) is 0 Å². The van der Waals surface area contributed by atoms with Gasteiger partial charge in [0.15, 0.2) is 0 Å². The number of aliphatic carboxylic acids is 8. The second-order valence-corrected chi connectivity index (χ2v) is 10.9. The fourth-order valence-corrected chi connectivity index (χ4v) is 3.66. The van der Waals surface area contributed by atoms with Gasteiger partial charge in [0.05, 0.1) is 64.3 Å². The summed E-state index contributed by atoms with van der Waals surface area (Å²) in [4.78, 5) is 80.3. The lowest BCUT2D eigenvalue weighted by Crippen LogP contribution is -2.65. The maximum absolute atomic E-state index is 11.1. The molecule has 24 nitrogen and oxygen atoms in total. The van der Waals surface area contributed by atoms with E-state index < -0.39 is 84.6 Å². The lowest BCUT2D eigenvalue weighted by atomic mass is 9.71. The summed E-state index contributed by atoms with van der Waals surface area (Å²) in [5.74, 6) is -9.42. The molecule has 0 heterocycles. The van der Waals surface area contributed by atoms with E-state index in [0.29, 0.717) is 26.3 Å². The van der Waals surface area contributed by atoms with Crippen LogP contribution in [0.25, 0.3) is 0 Å². The molecule has 0 aromatic rings. The largest absolute Gasteiger partial charge is 0.481 e. The zero-order valence-electron chi connectivity index (χ0n) is 32.6. The molecule has 0 atom stereocenters. The Morgan fingerprint density at radius 1 is 0.464 bits per heavy atom. The Kier molecular flexibility index (Phi) is 55.1. The van der Waals surface area contributed by atoms with E-state index in [-0.39, 0.29) is 26.4 Å². The van der Waals surface area contributed by atoms with Gasteiger partial charge in [0.2, 0.25) is 0 Å². The third kappa shape index (κ3) is 70.9. The average Bonchev–Trinajstić information content (AvgIpc) is 3.03. The molecule has 0 aromatic heterocycles. The number of aliphatic hydroxyl groups excluding tert-OH is 2. The number of carboxylic acid groups (broad SMARTS) is 8. The first-order chi connectivity index (χ1) is 25.7. The van der Waals surface area contributed by atoms with E-state index >= 15 is 0 Å². The number of carbonyl (C=O) groups is 8. The van der Waals surface area contributed by atoms with Crippen LogP contribution in [0, 0.1) is 0 Å². The van der Waals surface area contributed by atoms with Crippen LogP contribution < -0.4 is 22.9 Å². The quantitative estimate of drug-likeness (QED) is 0.0773. The lowest BCUT2D eigenvalue weighted by Gasteiger charge is -2.45. The van der Waals surface area contributed by atoms with Crippen molar-refractivity contribution in [2.75, 3.05) is 52.7 Å². The zero-order valence-corrected chi connectivity index (χ0v) is 32.6. The maximum atomic E-state index is 11.1. The predicted molar refractivity (Wildman–Crippen MR) is 198 cm³/mol. The molecule has 1 rings (SSSR count). The van der Waals surface area contributed by atoms with Gasteiger partial charge in [-0.2, -0.15) is 0 Å². The van der Waals surface area contributed by atoms with Gasteiger partial charge >= 0.3 is 23.9 Å². The molecular weight excluding hydrogens is 760 g/mol. The monoisotopic (exact) mass is 826 g/mol. The number of rotatable bonds is 17. The molecule has 0 aromatic carbocycles. The standard InChI is InChI=1S/C12H20N2O9.C6H12.C4H12N2O.4C2H4O2.C2H6O2/c13-1-2-23-12(5-9(19)20,6-10(21)22)11(14,3-7(15)16)4-8(17)18;1-2-4-6-5-3-1;5-1-3-7-4-2-6;4*1-2(3)4;3-1-2-4/h1-6,13-14H2,(H,15,16)(H,17,18)(H,19,20)(H,21,22);1-6H2;1-6H2;4*1H3,(H,3,4);3-4H,1-2H2. The fraction of sp³-hybridized carbons (Fsp3) is 0.750. The van der Waals surface area contributed by atoms with E-state index in [4.69, 9.17) is 103 Å². The van der Waals surface area contributed by atoms with E-state index in [1.807, 2.05) is 0 Å². The molecule has 0 aliphatic heterocycles. The number of nitrogens with two attached hydrogens (primary N) is 4. The highest BCUT2D eigenvalue weighted by atomic mass is 16.5. The van der Waals surface area contributed by atoms with Crippen molar-refractivity contribution in [2.45, 2.75) is 103 Å². The van der Waals surface area contributed by atoms with Crippen molar-refractivity contribution in [1.82, 2.24) is 0 Å². The molecule has 56 heavy (non-hydrogen) atoms. The van der Waals surface area contributed by atoms with Crippen LogP contribution in [0.2, 0.25) is 0 Å². The van der Waals surface area contributed by atoms with Gasteiger partial charge in [-0.1, -0.05) is 38.5 Å². The Labute approximate surface area is 325 Å². The highest BCUT2D eigenvalue weighted by Crippen LogP contribution is 2.37. The van der Waals surface area contributed by atoms with Crippen LogP contribution in [0.15, 0.2) is 0 Å². The van der Waals surface area contributed by atoms with E-state index in [0.717, 1.165) is 27.7 Å². The summed E-state index contributed by atoms with van der Waals surface area (Å²) in [6.45, 7) is 6.05. The smallest absolute Gasteiger partial charge is 0.306 e. The molecule has 0 spiro atoms. The second-order valence-electron chi connectivity index (χ2n) is 10.9. The van der Waals surface area contributed by atoms with Gasteiger partial charge in [0.1, 0.15) is 5.60 Å². The molecule has 1 aliphatic carbocycles. The maximum Gasteiger partial charge on any atom is 0.306 e. The minimum Gasteiger partial charge on any atom is -0.481 e. The van der Waals surface area contributed by atoms with Gasteiger partial charge in [0.25, 0.3) is 23.9 Å². The number of aliphatic hydroxyl groups is 2. The van der Waals surface area contributed by atoms with Gasteiger partial charge in [-0.05, 0) is 0 Å².